The van der Waals surface area contributed by atoms with Crippen LogP contribution >= 0.6 is 0 Å². The SMILES string of the molecule is CCOC(=O)[C@@]1(NC=O)C[C@H]1/C=C\CCCCC[C@H](NC(=O)OC(C)(C)C)C(=O)N1C[C@H](O[Si](C)(C)C(C)(C)C)CC1C. The Morgan fingerprint density at radius 1 is 1.09 bits per heavy atom. The Labute approximate surface area is 260 Å². The molecule has 2 N–H and O–H groups in total. The maximum atomic E-state index is 13.8. The van der Waals surface area contributed by atoms with E-state index in [-0.39, 0.29) is 35.6 Å². The molecule has 10 nitrogen and oxygen atoms in total. The van der Waals surface area contributed by atoms with Crippen LogP contribution in [0.15, 0.2) is 12.2 Å². The summed E-state index contributed by atoms with van der Waals surface area (Å²) in [5, 5.41) is 5.56. The Morgan fingerprint density at radius 2 is 1.77 bits per heavy atom. The van der Waals surface area contributed by atoms with Gasteiger partial charge < -0.3 is 29.4 Å². The third kappa shape index (κ3) is 10.6. The third-order valence-electron chi connectivity index (χ3n) is 8.78. The number of hydrogen-bond acceptors (Lipinski definition) is 7. The summed E-state index contributed by atoms with van der Waals surface area (Å²) < 4.78 is 17.2. The molecule has 0 aromatic rings. The molecule has 5 atom stereocenters. The molecular weight excluding hydrogens is 566 g/mol. The topological polar surface area (TPSA) is 123 Å². The molecule has 2 fully saturated rings. The average molecular weight is 624 g/mol. The van der Waals surface area contributed by atoms with Crippen molar-refractivity contribution in [3.8, 4) is 0 Å². The van der Waals surface area contributed by atoms with E-state index >= 15 is 0 Å². The predicted octanol–water partition coefficient (Wildman–Crippen LogP) is 5.47. The second-order valence-electron chi connectivity index (χ2n) is 14.6. The zero-order chi connectivity index (χ0) is 32.6. The van der Waals surface area contributed by atoms with Gasteiger partial charge in [-0.25, -0.2) is 9.59 Å². The van der Waals surface area contributed by atoms with Gasteiger partial charge in [-0.15, -0.1) is 0 Å². The van der Waals surface area contributed by atoms with Crippen molar-refractivity contribution in [2.45, 2.75) is 148 Å². The molecule has 3 amide bonds. The lowest BCUT2D eigenvalue weighted by Crippen LogP contribution is -2.51. The number of esters is 1. The lowest BCUT2D eigenvalue weighted by atomic mass is 10.0. The van der Waals surface area contributed by atoms with Crippen LogP contribution in [0.2, 0.25) is 18.1 Å². The maximum absolute atomic E-state index is 13.8. The molecule has 246 valence electrons. The minimum atomic E-state index is -1.98. The van der Waals surface area contributed by atoms with Crippen LogP contribution in [0.4, 0.5) is 4.79 Å². The van der Waals surface area contributed by atoms with E-state index in [1.807, 2.05) is 24.0 Å². The molecule has 0 spiro atoms. The molecule has 0 bridgehead atoms. The van der Waals surface area contributed by atoms with Gasteiger partial charge in [-0.2, -0.15) is 0 Å². The van der Waals surface area contributed by atoms with E-state index in [0.717, 1.165) is 32.1 Å². The van der Waals surface area contributed by atoms with Crippen LogP contribution in [0.3, 0.4) is 0 Å². The van der Waals surface area contributed by atoms with Crippen LogP contribution in [0.25, 0.3) is 0 Å². The van der Waals surface area contributed by atoms with Crippen molar-refractivity contribution in [2.24, 2.45) is 5.92 Å². The van der Waals surface area contributed by atoms with Crippen molar-refractivity contribution in [3.05, 3.63) is 12.2 Å². The molecule has 43 heavy (non-hydrogen) atoms. The lowest BCUT2D eigenvalue weighted by Gasteiger charge is -2.38. The highest BCUT2D eigenvalue weighted by Gasteiger charge is 2.60. The fourth-order valence-corrected chi connectivity index (χ4v) is 6.63. The molecule has 1 aliphatic carbocycles. The van der Waals surface area contributed by atoms with Crippen molar-refractivity contribution in [1.29, 1.82) is 0 Å². The number of alkyl carbamates (subject to hydrolysis) is 1. The van der Waals surface area contributed by atoms with Crippen molar-refractivity contribution in [3.63, 3.8) is 0 Å². The highest BCUT2D eigenvalue weighted by Crippen LogP contribution is 2.45. The molecular formula is C32H57N3O7Si. The number of ether oxygens (including phenoxy) is 2. The van der Waals surface area contributed by atoms with E-state index in [4.69, 9.17) is 13.9 Å². The summed E-state index contributed by atoms with van der Waals surface area (Å²) in [7, 11) is -1.98. The van der Waals surface area contributed by atoms with Gasteiger partial charge in [0.05, 0.1) is 12.7 Å². The van der Waals surface area contributed by atoms with Crippen LogP contribution in [0, 0.1) is 5.92 Å². The van der Waals surface area contributed by atoms with Crippen molar-refractivity contribution < 1.29 is 33.1 Å². The molecule has 0 aromatic heterocycles. The quantitative estimate of drug-likeness (QED) is 0.0816. The van der Waals surface area contributed by atoms with Gasteiger partial charge in [-0.3, -0.25) is 9.59 Å². The molecule has 1 aliphatic heterocycles. The van der Waals surface area contributed by atoms with Crippen LogP contribution in [0.1, 0.15) is 100 Å². The molecule has 2 aliphatic rings. The molecule has 2 rings (SSSR count). The van der Waals surface area contributed by atoms with Gasteiger partial charge in [0.1, 0.15) is 17.2 Å². The Balaban J connectivity index is 1.94. The maximum Gasteiger partial charge on any atom is 0.408 e. The number of amides is 3. The number of carbonyl (C=O) groups is 4. The highest BCUT2D eigenvalue weighted by molar-refractivity contribution is 6.74. The molecule has 0 radical (unpaired) electrons. The number of nitrogens with zero attached hydrogens (tertiary/aromatic N) is 1. The first-order chi connectivity index (χ1) is 19.9. The van der Waals surface area contributed by atoms with E-state index in [9.17, 15) is 19.2 Å². The Kier molecular flexibility index (Phi) is 12.9. The molecule has 0 aromatic carbocycles. The second kappa shape index (κ2) is 15.1. The van der Waals surface area contributed by atoms with Crippen LogP contribution < -0.4 is 10.6 Å². The summed E-state index contributed by atoms with van der Waals surface area (Å²) in [6.07, 6.45) is 9.13. The smallest absolute Gasteiger partial charge is 0.408 e. The van der Waals surface area contributed by atoms with Crippen molar-refractivity contribution >= 4 is 32.7 Å². The van der Waals surface area contributed by atoms with Gasteiger partial charge in [0.25, 0.3) is 0 Å². The average Bonchev–Trinajstić information content (AvgIpc) is 3.45. The van der Waals surface area contributed by atoms with Crippen molar-refractivity contribution in [2.75, 3.05) is 13.2 Å². The number of carbonyl (C=O) groups excluding carboxylic acids is 4. The molecule has 1 heterocycles. The highest BCUT2D eigenvalue weighted by atomic mass is 28.4. The number of hydrogen-bond donors (Lipinski definition) is 2. The Hall–Kier alpha value is -2.40. The first-order valence-electron chi connectivity index (χ1n) is 15.9. The number of rotatable bonds is 15. The van der Waals surface area contributed by atoms with Crippen LogP contribution in [0.5, 0.6) is 0 Å². The number of likely N-dealkylation sites (tertiary alicyclic amines) is 1. The minimum Gasteiger partial charge on any atom is -0.464 e. The first-order valence-corrected chi connectivity index (χ1v) is 18.8. The minimum absolute atomic E-state index is 0.00966. The summed E-state index contributed by atoms with van der Waals surface area (Å²) in [5.41, 5.74) is -1.60. The summed E-state index contributed by atoms with van der Waals surface area (Å²) >= 11 is 0. The lowest BCUT2D eigenvalue weighted by molar-refractivity contribution is -0.148. The summed E-state index contributed by atoms with van der Waals surface area (Å²) in [4.78, 5) is 51.6. The fourth-order valence-electron chi connectivity index (χ4n) is 5.27. The van der Waals surface area contributed by atoms with Crippen molar-refractivity contribution in [1.82, 2.24) is 15.5 Å². The molecule has 1 saturated carbocycles. The standard InChI is InChI=1S/C32H57N3O7Si/c1-11-40-28(38)32(33-22-36)20-24(32)17-15-13-12-14-16-18-26(34-29(39)41-30(3,4)5)27(37)35-21-25(19-23(35)2)42-43(9,10)31(6,7)8/h15,17,22-26H,11-14,16,18-21H2,1-10H3,(H,33,36)(H,34,39)/b17-15-/t23?,24-,25-,26+,32-/m1/s1. The second-order valence-corrected chi connectivity index (χ2v) is 19.4. The molecule has 1 unspecified atom stereocenters. The van der Waals surface area contributed by atoms with E-state index in [2.05, 4.69) is 44.5 Å². The zero-order valence-electron chi connectivity index (χ0n) is 28.2. The number of nitrogens with one attached hydrogen (secondary N) is 2. The van der Waals surface area contributed by atoms with Crippen LogP contribution in [-0.2, 0) is 28.3 Å². The normalized spacial score (nSPS) is 24.9. The largest absolute Gasteiger partial charge is 0.464 e. The van der Waals surface area contributed by atoms with Gasteiger partial charge in [0, 0.05) is 18.5 Å². The Bertz CT molecular complexity index is 1000. The Morgan fingerprint density at radius 3 is 2.35 bits per heavy atom. The summed E-state index contributed by atoms with van der Waals surface area (Å²) in [6, 6.07) is -0.654. The number of unbranched alkanes of at least 4 members (excludes halogenated alkanes) is 3. The van der Waals surface area contributed by atoms with Gasteiger partial charge in [0.15, 0.2) is 8.32 Å². The summed E-state index contributed by atoms with van der Waals surface area (Å²) in [5.74, 6) is -0.551. The van der Waals surface area contributed by atoms with Gasteiger partial charge >= 0.3 is 12.1 Å². The van der Waals surface area contributed by atoms with Gasteiger partial charge in [-0.05, 0) is 84.9 Å². The molecule has 1 saturated heterocycles. The van der Waals surface area contributed by atoms with Crippen LogP contribution in [-0.4, -0.2) is 80.1 Å². The first kappa shape index (κ1) is 36.8. The number of allylic oxidation sites excluding steroid dienone is 1. The predicted molar refractivity (Wildman–Crippen MR) is 170 cm³/mol. The van der Waals surface area contributed by atoms with Gasteiger partial charge in [0.2, 0.25) is 12.3 Å². The van der Waals surface area contributed by atoms with E-state index in [0.29, 0.717) is 25.8 Å². The molecule has 11 heteroatoms. The summed E-state index contributed by atoms with van der Waals surface area (Å²) in [6.45, 7) is 21.1. The zero-order valence-corrected chi connectivity index (χ0v) is 29.2. The van der Waals surface area contributed by atoms with Gasteiger partial charge in [-0.1, -0.05) is 45.8 Å². The fraction of sp³-hybridized carbons (Fsp3) is 0.812. The third-order valence-corrected chi connectivity index (χ3v) is 13.3. The van der Waals surface area contributed by atoms with E-state index < -0.39 is 37.6 Å². The van der Waals surface area contributed by atoms with E-state index in [1.54, 1.807) is 27.7 Å². The monoisotopic (exact) mass is 623 g/mol. The van der Waals surface area contributed by atoms with E-state index in [1.165, 1.54) is 0 Å².